The van der Waals surface area contributed by atoms with Crippen molar-refractivity contribution in [1.29, 1.82) is 0 Å². The molecule has 0 aromatic heterocycles. The predicted octanol–water partition coefficient (Wildman–Crippen LogP) is 3.91. The van der Waals surface area contributed by atoms with Gasteiger partial charge in [0.25, 0.3) is 5.91 Å². The summed E-state index contributed by atoms with van der Waals surface area (Å²) in [5, 5.41) is 2.85. The second-order valence-corrected chi connectivity index (χ2v) is 5.27. The predicted molar refractivity (Wildman–Crippen MR) is 80.7 cm³/mol. The van der Waals surface area contributed by atoms with Crippen LogP contribution < -0.4 is 5.32 Å². The highest BCUT2D eigenvalue weighted by Gasteiger charge is 2.12. The molecule has 1 N–H and O–H groups in total. The van der Waals surface area contributed by atoms with E-state index in [1.54, 1.807) is 37.3 Å². The third-order valence-electron chi connectivity index (χ3n) is 3.15. The van der Waals surface area contributed by atoms with Gasteiger partial charge in [-0.25, -0.2) is 4.39 Å². The second kappa shape index (κ2) is 6.09. The van der Waals surface area contributed by atoms with E-state index in [0.29, 0.717) is 11.1 Å². The lowest BCUT2D eigenvalue weighted by Crippen LogP contribution is -2.26. The van der Waals surface area contributed by atoms with Crippen LogP contribution in [0.15, 0.2) is 47.4 Å². The first-order valence-corrected chi connectivity index (χ1v) is 6.78. The van der Waals surface area contributed by atoms with Crippen LogP contribution >= 0.6 is 12.6 Å². The molecule has 0 bridgehead atoms. The second-order valence-electron chi connectivity index (χ2n) is 4.75. The van der Waals surface area contributed by atoms with Gasteiger partial charge in [0.05, 0.1) is 6.04 Å². The number of halogens is 1. The molecule has 0 fully saturated rings. The third-order valence-corrected chi connectivity index (χ3v) is 3.43. The van der Waals surface area contributed by atoms with Crippen molar-refractivity contribution in [2.24, 2.45) is 0 Å². The van der Waals surface area contributed by atoms with E-state index in [1.807, 2.05) is 13.0 Å². The number of rotatable bonds is 3. The van der Waals surface area contributed by atoms with Crippen molar-refractivity contribution in [1.82, 2.24) is 5.32 Å². The lowest BCUT2D eigenvalue weighted by molar-refractivity contribution is 0.0939. The Balaban J connectivity index is 2.13. The number of amides is 1. The molecular formula is C16H16FNOS. The van der Waals surface area contributed by atoms with Gasteiger partial charge in [0, 0.05) is 10.5 Å². The van der Waals surface area contributed by atoms with Crippen LogP contribution in [0.1, 0.15) is 34.5 Å². The summed E-state index contributed by atoms with van der Waals surface area (Å²) in [5.41, 5.74) is 1.87. The Morgan fingerprint density at radius 2 is 2.00 bits per heavy atom. The maximum atomic E-state index is 13.5. The number of hydrogen-bond donors (Lipinski definition) is 2. The summed E-state index contributed by atoms with van der Waals surface area (Å²) < 4.78 is 13.5. The van der Waals surface area contributed by atoms with E-state index in [-0.39, 0.29) is 17.8 Å². The molecule has 20 heavy (non-hydrogen) atoms. The number of carbonyl (C=O) groups excluding carboxylic acids is 1. The van der Waals surface area contributed by atoms with Crippen molar-refractivity contribution in [3.63, 3.8) is 0 Å². The molecule has 2 aromatic rings. The molecule has 1 atom stereocenters. The van der Waals surface area contributed by atoms with Crippen molar-refractivity contribution >= 4 is 18.5 Å². The fourth-order valence-electron chi connectivity index (χ4n) is 1.89. The van der Waals surface area contributed by atoms with E-state index in [1.165, 1.54) is 6.07 Å². The Labute approximate surface area is 123 Å². The van der Waals surface area contributed by atoms with Crippen molar-refractivity contribution in [3.8, 4) is 0 Å². The van der Waals surface area contributed by atoms with E-state index in [4.69, 9.17) is 0 Å². The summed E-state index contributed by atoms with van der Waals surface area (Å²) in [6.45, 7) is 3.53. The van der Waals surface area contributed by atoms with Gasteiger partial charge < -0.3 is 5.32 Å². The van der Waals surface area contributed by atoms with E-state index in [9.17, 15) is 9.18 Å². The minimum absolute atomic E-state index is 0.200. The van der Waals surface area contributed by atoms with Crippen LogP contribution in [0.5, 0.6) is 0 Å². The van der Waals surface area contributed by atoms with Crippen molar-refractivity contribution in [2.45, 2.75) is 24.8 Å². The zero-order valence-electron chi connectivity index (χ0n) is 11.4. The van der Waals surface area contributed by atoms with Crippen molar-refractivity contribution < 1.29 is 9.18 Å². The maximum absolute atomic E-state index is 13.5. The molecule has 0 spiro atoms. The molecule has 0 aliphatic carbocycles. The van der Waals surface area contributed by atoms with Gasteiger partial charge in [0.2, 0.25) is 0 Å². The lowest BCUT2D eigenvalue weighted by Gasteiger charge is -2.15. The van der Waals surface area contributed by atoms with Gasteiger partial charge in [-0.1, -0.05) is 18.2 Å². The largest absolute Gasteiger partial charge is 0.346 e. The quantitative estimate of drug-likeness (QED) is 0.824. The zero-order valence-corrected chi connectivity index (χ0v) is 12.2. The molecule has 0 saturated heterocycles. The van der Waals surface area contributed by atoms with E-state index in [2.05, 4.69) is 17.9 Å². The summed E-state index contributed by atoms with van der Waals surface area (Å²) in [5.74, 6) is -0.463. The molecule has 0 radical (unpaired) electrons. The summed E-state index contributed by atoms with van der Waals surface area (Å²) in [6, 6.07) is 11.7. The van der Waals surface area contributed by atoms with Crippen LogP contribution in [0.2, 0.25) is 0 Å². The molecule has 2 nitrogen and oxygen atoms in total. The summed E-state index contributed by atoms with van der Waals surface area (Å²) in [6.07, 6.45) is 0. The average molecular weight is 289 g/mol. The van der Waals surface area contributed by atoms with Gasteiger partial charge in [0.1, 0.15) is 5.82 Å². The highest BCUT2D eigenvalue weighted by Crippen LogP contribution is 2.17. The van der Waals surface area contributed by atoms with Crippen molar-refractivity contribution in [3.05, 3.63) is 65.0 Å². The fourth-order valence-corrected chi connectivity index (χ4v) is 2.11. The fraction of sp³-hybridized carbons (Fsp3) is 0.188. The minimum Gasteiger partial charge on any atom is -0.346 e. The number of benzene rings is 2. The van der Waals surface area contributed by atoms with Crippen LogP contribution in [0.4, 0.5) is 4.39 Å². The van der Waals surface area contributed by atoms with Gasteiger partial charge in [-0.15, -0.1) is 12.6 Å². The van der Waals surface area contributed by atoms with E-state index < -0.39 is 0 Å². The third kappa shape index (κ3) is 3.39. The standard InChI is InChI=1S/C16H16FNOS/c1-10-6-7-12(9-15(10)17)11(2)18-16(19)13-4-3-5-14(20)8-13/h3-9,11,20H,1-2H3,(H,18,19). The van der Waals surface area contributed by atoms with Crippen LogP contribution in [0, 0.1) is 12.7 Å². The Bertz CT molecular complexity index is 642. The molecule has 0 heterocycles. The molecule has 104 valence electrons. The summed E-state index contributed by atoms with van der Waals surface area (Å²) in [4.78, 5) is 12.8. The molecule has 1 unspecified atom stereocenters. The molecule has 0 aliphatic rings. The van der Waals surface area contributed by atoms with Crippen molar-refractivity contribution in [2.75, 3.05) is 0 Å². The van der Waals surface area contributed by atoms with E-state index >= 15 is 0 Å². The summed E-state index contributed by atoms with van der Waals surface area (Å²) in [7, 11) is 0. The molecule has 2 rings (SSSR count). The Morgan fingerprint density at radius 3 is 2.65 bits per heavy atom. The first kappa shape index (κ1) is 14.6. The molecule has 0 aliphatic heterocycles. The monoisotopic (exact) mass is 289 g/mol. The van der Waals surface area contributed by atoms with Gasteiger partial charge in [-0.3, -0.25) is 4.79 Å². The highest BCUT2D eigenvalue weighted by molar-refractivity contribution is 7.80. The van der Waals surface area contributed by atoms with Gasteiger partial charge in [0.15, 0.2) is 0 Å². The van der Waals surface area contributed by atoms with Gasteiger partial charge in [-0.2, -0.15) is 0 Å². The van der Waals surface area contributed by atoms with Crippen LogP contribution in [0.25, 0.3) is 0 Å². The normalized spacial score (nSPS) is 12.0. The average Bonchev–Trinajstić information content (AvgIpc) is 2.41. The smallest absolute Gasteiger partial charge is 0.251 e. The minimum atomic E-state index is -0.263. The zero-order chi connectivity index (χ0) is 14.7. The first-order valence-electron chi connectivity index (χ1n) is 6.33. The molecule has 2 aromatic carbocycles. The molecular weight excluding hydrogens is 273 g/mol. The lowest BCUT2D eigenvalue weighted by atomic mass is 10.1. The number of thiol groups is 1. The Kier molecular flexibility index (Phi) is 4.45. The van der Waals surface area contributed by atoms with Crippen LogP contribution in [0.3, 0.4) is 0 Å². The SMILES string of the molecule is Cc1ccc(C(C)NC(=O)c2cccc(S)c2)cc1F. The number of aryl methyl sites for hydroxylation is 1. The Hall–Kier alpha value is -1.81. The first-order chi connectivity index (χ1) is 9.47. The molecule has 0 saturated carbocycles. The topological polar surface area (TPSA) is 29.1 Å². The molecule has 4 heteroatoms. The summed E-state index contributed by atoms with van der Waals surface area (Å²) >= 11 is 4.20. The van der Waals surface area contributed by atoms with Gasteiger partial charge >= 0.3 is 0 Å². The number of hydrogen-bond acceptors (Lipinski definition) is 2. The van der Waals surface area contributed by atoms with Crippen LogP contribution in [-0.4, -0.2) is 5.91 Å². The molecule has 1 amide bonds. The number of nitrogens with one attached hydrogen (secondary N) is 1. The highest BCUT2D eigenvalue weighted by atomic mass is 32.1. The Morgan fingerprint density at radius 1 is 1.25 bits per heavy atom. The number of carbonyl (C=O) groups is 1. The maximum Gasteiger partial charge on any atom is 0.251 e. The van der Waals surface area contributed by atoms with Gasteiger partial charge in [-0.05, 0) is 49.2 Å². The van der Waals surface area contributed by atoms with Crippen LogP contribution in [-0.2, 0) is 0 Å². The van der Waals surface area contributed by atoms with E-state index in [0.717, 1.165) is 10.5 Å².